The Labute approximate surface area is 118 Å². The molecule has 0 atom stereocenters. The van der Waals surface area contributed by atoms with Gasteiger partial charge in [-0.15, -0.1) is 11.3 Å². The van der Waals surface area contributed by atoms with Gasteiger partial charge in [-0.3, -0.25) is 9.59 Å². The molecule has 0 aromatic carbocycles. The van der Waals surface area contributed by atoms with E-state index in [2.05, 4.69) is 10.5 Å². The van der Waals surface area contributed by atoms with E-state index >= 15 is 0 Å². The molecule has 7 heteroatoms. The number of nitrogens with zero attached hydrogens (tertiary/aromatic N) is 1. The van der Waals surface area contributed by atoms with E-state index in [0.717, 1.165) is 36.1 Å². The summed E-state index contributed by atoms with van der Waals surface area (Å²) in [7, 11) is 0. The van der Waals surface area contributed by atoms with Crippen molar-refractivity contribution in [2.45, 2.75) is 25.7 Å². The van der Waals surface area contributed by atoms with Crippen LogP contribution in [-0.2, 0) is 12.8 Å². The number of aromatic nitrogens is 1. The number of rotatable bonds is 3. The van der Waals surface area contributed by atoms with Crippen LogP contribution in [0, 0.1) is 0 Å². The molecule has 0 aliphatic heterocycles. The molecular formula is C13H13N3O3S. The van der Waals surface area contributed by atoms with Gasteiger partial charge in [0.05, 0.1) is 11.8 Å². The first kappa shape index (κ1) is 12.9. The highest BCUT2D eigenvalue weighted by Crippen LogP contribution is 2.38. The molecule has 2 amide bonds. The van der Waals surface area contributed by atoms with E-state index in [0.29, 0.717) is 10.6 Å². The predicted molar refractivity (Wildman–Crippen MR) is 73.9 cm³/mol. The third-order valence-electron chi connectivity index (χ3n) is 3.31. The fourth-order valence-corrected chi connectivity index (χ4v) is 3.70. The first-order valence-electron chi connectivity index (χ1n) is 6.33. The molecule has 1 aliphatic rings. The first-order chi connectivity index (χ1) is 9.66. The summed E-state index contributed by atoms with van der Waals surface area (Å²) in [5.74, 6) is -0.826. The van der Waals surface area contributed by atoms with Crippen LogP contribution in [0.5, 0.6) is 0 Å². The average Bonchev–Trinajstić information content (AvgIpc) is 3.05. The minimum absolute atomic E-state index is 0.104. The van der Waals surface area contributed by atoms with Gasteiger partial charge in [0, 0.05) is 10.9 Å². The van der Waals surface area contributed by atoms with Gasteiger partial charge >= 0.3 is 0 Å². The molecule has 0 radical (unpaired) electrons. The highest BCUT2D eigenvalue weighted by molar-refractivity contribution is 7.17. The SMILES string of the molecule is NC(=O)c1c(NC(=O)c2ccno2)sc2c1CCCC2. The monoisotopic (exact) mass is 291 g/mol. The molecule has 2 aromatic rings. The molecular weight excluding hydrogens is 278 g/mol. The number of primary amides is 1. The van der Waals surface area contributed by atoms with Gasteiger partial charge in [0.1, 0.15) is 5.00 Å². The van der Waals surface area contributed by atoms with Crippen LogP contribution in [0.2, 0.25) is 0 Å². The zero-order valence-electron chi connectivity index (χ0n) is 10.6. The molecule has 0 fully saturated rings. The van der Waals surface area contributed by atoms with Crippen molar-refractivity contribution in [1.82, 2.24) is 5.16 Å². The van der Waals surface area contributed by atoms with Gasteiger partial charge in [-0.05, 0) is 31.2 Å². The maximum Gasteiger partial charge on any atom is 0.294 e. The molecule has 3 N–H and O–H groups in total. The minimum atomic E-state index is -0.503. The molecule has 0 spiro atoms. The van der Waals surface area contributed by atoms with Crippen LogP contribution in [0.1, 0.15) is 44.2 Å². The fourth-order valence-electron chi connectivity index (χ4n) is 2.41. The average molecular weight is 291 g/mol. The van der Waals surface area contributed by atoms with E-state index in [1.807, 2.05) is 0 Å². The lowest BCUT2D eigenvalue weighted by molar-refractivity contribution is 0.0988. The van der Waals surface area contributed by atoms with E-state index in [1.54, 1.807) is 0 Å². The number of amides is 2. The summed E-state index contributed by atoms with van der Waals surface area (Å²) in [5.41, 5.74) is 6.89. The number of aryl methyl sites for hydroxylation is 1. The largest absolute Gasteiger partial charge is 0.365 e. The quantitative estimate of drug-likeness (QED) is 0.903. The Bertz CT molecular complexity index is 661. The van der Waals surface area contributed by atoms with Crippen LogP contribution in [-0.4, -0.2) is 17.0 Å². The van der Waals surface area contributed by atoms with Crippen molar-refractivity contribution in [3.63, 3.8) is 0 Å². The van der Waals surface area contributed by atoms with Crippen molar-refractivity contribution in [2.75, 3.05) is 5.32 Å². The highest BCUT2D eigenvalue weighted by Gasteiger charge is 2.25. The summed E-state index contributed by atoms with van der Waals surface area (Å²) in [6.45, 7) is 0. The van der Waals surface area contributed by atoms with Gasteiger partial charge in [-0.1, -0.05) is 5.16 Å². The number of thiophene rings is 1. The Morgan fingerprint density at radius 2 is 2.15 bits per heavy atom. The molecule has 0 saturated carbocycles. The number of fused-ring (bicyclic) bond motifs is 1. The lowest BCUT2D eigenvalue weighted by Gasteiger charge is -2.11. The summed E-state index contributed by atoms with van der Waals surface area (Å²) in [4.78, 5) is 24.8. The van der Waals surface area contributed by atoms with Crippen LogP contribution in [0.3, 0.4) is 0 Å². The van der Waals surface area contributed by atoms with Crippen molar-refractivity contribution in [3.8, 4) is 0 Å². The Hall–Kier alpha value is -2.15. The number of hydrogen-bond donors (Lipinski definition) is 2. The number of nitrogens with one attached hydrogen (secondary N) is 1. The van der Waals surface area contributed by atoms with Gasteiger partial charge in [0.2, 0.25) is 5.76 Å². The van der Waals surface area contributed by atoms with Crippen molar-refractivity contribution in [1.29, 1.82) is 0 Å². The second kappa shape index (κ2) is 5.09. The second-order valence-corrected chi connectivity index (χ2v) is 5.72. The van der Waals surface area contributed by atoms with Crippen LogP contribution in [0.4, 0.5) is 5.00 Å². The number of nitrogens with two attached hydrogens (primary N) is 1. The lowest BCUT2D eigenvalue weighted by Crippen LogP contribution is -2.18. The van der Waals surface area contributed by atoms with E-state index in [-0.39, 0.29) is 5.76 Å². The number of hydrogen-bond acceptors (Lipinski definition) is 5. The van der Waals surface area contributed by atoms with Crippen LogP contribution in [0.15, 0.2) is 16.8 Å². The molecule has 2 heterocycles. The Morgan fingerprint density at radius 3 is 2.85 bits per heavy atom. The third kappa shape index (κ3) is 2.20. The lowest BCUT2D eigenvalue weighted by atomic mass is 9.95. The molecule has 20 heavy (non-hydrogen) atoms. The summed E-state index contributed by atoms with van der Waals surface area (Å²) >= 11 is 1.42. The van der Waals surface area contributed by atoms with Crippen molar-refractivity contribution in [2.24, 2.45) is 5.73 Å². The Balaban J connectivity index is 1.95. The second-order valence-electron chi connectivity index (χ2n) is 4.61. The molecule has 1 aliphatic carbocycles. The first-order valence-corrected chi connectivity index (χ1v) is 7.15. The van der Waals surface area contributed by atoms with Crippen LogP contribution >= 0.6 is 11.3 Å². The maximum absolute atomic E-state index is 12.0. The minimum Gasteiger partial charge on any atom is -0.365 e. The maximum atomic E-state index is 12.0. The molecule has 3 rings (SSSR count). The molecule has 104 valence electrons. The summed E-state index contributed by atoms with van der Waals surface area (Å²) in [6, 6.07) is 1.47. The normalized spacial score (nSPS) is 13.8. The Morgan fingerprint density at radius 1 is 1.35 bits per heavy atom. The van der Waals surface area contributed by atoms with Gasteiger partial charge in [0.15, 0.2) is 0 Å². The van der Waals surface area contributed by atoms with E-state index in [9.17, 15) is 9.59 Å². The Kier molecular flexibility index (Phi) is 3.27. The standard InChI is InChI=1S/C13H13N3O3S/c14-11(17)10-7-3-1-2-4-9(7)20-13(10)16-12(18)8-5-6-15-19-8/h5-6H,1-4H2,(H2,14,17)(H,16,18). The van der Waals surface area contributed by atoms with Gasteiger partial charge in [0.25, 0.3) is 11.8 Å². The van der Waals surface area contributed by atoms with Crippen LogP contribution < -0.4 is 11.1 Å². The van der Waals surface area contributed by atoms with Crippen molar-refractivity contribution in [3.05, 3.63) is 34.0 Å². The molecule has 0 saturated heterocycles. The van der Waals surface area contributed by atoms with Crippen molar-refractivity contribution >= 4 is 28.2 Å². The van der Waals surface area contributed by atoms with E-state index < -0.39 is 11.8 Å². The third-order valence-corrected chi connectivity index (χ3v) is 4.51. The number of carbonyl (C=O) groups is 2. The molecule has 0 unspecified atom stereocenters. The summed E-state index contributed by atoms with van der Waals surface area (Å²) in [5, 5.41) is 6.69. The summed E-state index contributed by atoms with van der Waals surface area (Å²) < 4.78 is 4.80. The summed E-state index contributed by atoms with van der Waals surface area (Å²) in [6.07, 6.45) is 5.30. The highest BCUT2D eigenvalue weighted by atomic mass is 32.1. The van der Waals surface area contributed by atoms with E-state index in [1.165, 1.54) is 23.6 Å². The zero-order valence-corrected chi connectivity index (χ0v) is 11.5. The van der Waals surface area contributed by atoms with E-state index in [4.69, 9.17) is 10.3 Å². The van der Waals surface area contributed by atoms with Gasteiger partial charge in [-0.25, -0.2) is 0 Å². The molecule has 6 nitrogen and oxygen atoms in total. The van der Waals surface area contributed by atoms with Gasteiger partial charge in [-0.2, -0.15) is 0 Å². The van der Waals surface area contributed by atoms with Crippen molar-refractivity contribution < 1.29 is 14.1 Å². The van der Waals surface area contributed by atoms with Crippen LogP contribution in [0.25, 0.3) is 0 Å². The predicted octanol–water partition coefficient (Wildman–Crippen LogP) is 1.97. The smallest absolute Gasteiger partial charge is 0.294 e. The molecule has 2 aromatic heterocycles. The number of carbonyl (C=O) groups excluding carboxylic acids is 2. The topological polar surface area (TPSA) is 98.2 Å². The fraction of sp³-hybridized carbons (Fsp3) is 0.308. The number of anilines is 1. The zero-order chi connectivity index (χ0) is 14.1. The van der Waals surface area contributed by atoms with Gasteiger partial charge < -0.3 is 15.6 Å². The molecule has 0 bridgehead atoms.